The molecule has 1 nitrogen and oxygen atoms in total. The molecule has 0 radical (unpaired) electrons. The lowest BCUT2D eigenvalue weighted by molar-refractivity contribution is 0.784. The van der Waals surface area contributed by atoms with E-state index in [-0.39, 0.29) is 6.04 Å². The van der Waals surface area contributed by atoms with E-state index in [4.69, 9.17) is 17.3 Å². The van der Waals surface area contributed by atoms with E-state index in [1.165, 1.54) is 12.0 Å². The highest BCUT2D eigenvalue weighted by atomic mass is 79.9. The molecule has 1 atom stereocenters. The van der Waals surface area contributed by atoms with Crippen molar-refractivity contribution in [1.82, 2.24) is 0 Å². The monoisotopic (exact) mass is 285 g/mol. The van der Waals surface area contributed by atoms with Crippen molar-refractivity contribution in [3.63, 3.8) is 0 Å². The van der Waals surface area contributed by atoms with Gasteiger partial charge in [-0.3, -0.25) is 0 Å². The van der Waals surface area contributed by atoms with E-state index in [1.54, 1.807) is 0 Å². The fourth-order valence-corrected chi connectivity index (χ4v) is 2.41. The molecule has 0 bridgehead atoms. The smallest absolute Gasteiger partial charge is 0.0548 e. The van der Waals surface area contributed by atoms with E-state index in [2.05, 4.69) is 22.0 Å². The molecule has 1 aliphatic rings. The molecule has 0 aromatic heterocycles. The molecule has 0 aliphatic heterocycles. The van der Waals surface area contributed by atoms with E-state index >= 15 is 0 Å². The van der Waals surface area contributed by atoms with Gasteiger partial charge >= 0.3 is 0 Å². The lowest BCUT2D eigenvalue weighted by atomic mass is 9.99. The van der Waals surface area contributed by atoms with Crippen molar-refractivity contribution in [1.29, 1.82) is 0 Å². The Bertz CT molecular complexity index is 401. The van der Waals surface area contributed by atoms with Gasteiger partial charge in [0, 0.05) is 4.47 Å². The lowest BCUT2D eigenvalue weighted by Crippen LogP contribution is -2.12. The zero-order valence-electron chi connectivity index (χ0n) is 8.34. The maximum atomic E-state index is 6.19. The van der Waals surface area contributed by atoms with Crippen LogP contribution in [0.4, 0.5) is 0 Å². The summed E-state index contributed by atoms with van der Waals surface area (Å²) in [4.78, 5) is 0. The quantitative estimate of drug-likeness (QED) is 0.810. The Morgan fingerprint density at radius 3 is 2.80 bits per heavy atom. The first-order valence-corrected chi connectivity index (χ1v) is 6.25. The van der Waals surface area contributed by atoms with Gasteiger partial charge in [-0.2, -0.15) is 0 Å². The van der Waals surface area contributed by atoms with Crippen molar-refractivity contribution in [2.24, 2.45) is 5.73 Å². The largest absolute Gasteiger partial charge is 0.321 e. The molecule has 0 saturated carbocycles. The number of benzene rings is 1. The lowest BCUT2D eigenvalue weighted by Gasteiger charge is -2.14. The highest BCUT2D eigenvalue weighted by molar-refractivity contribution is 9.10. The van der Waals surface area contributed by atoms with Crippen LogP contribution < -0.4 is 5.73 Å². The van der Waals surface area contributed by atoms with Gasteiger partial charge in [-0.05, 0) is 52.9 Å². The minimum absolute atomic E-state index is 0.0288. The predicted octanol–water partition coefficient (Wildman–Crippen LogP) is 4.21. The summed E-state index contributed by atoms with van der Waals surface area (Å²) in [7, 11) is 0. The molecule has 3 heteroatoms. The highest BCUT2D eigenvalue weighted by Gasteiger charge is 2.15. The molecule has 2 N–H and O–H groups in total. The van der Waals surface area contributed by atoms with Gasteiger partial charge in [-0.15, -0.1) is 0 Å². The molecule has 0 heterocycles. The third kappa shape index (κ3) is 2.44. The molecule has 0 spiro atoms. The Morgan fingerprint density at radius 1 is 1.40 bits per heavy atom. The SMILES string of the molecule is NC(C1=CCCC1)c1ccc(Cl)c(Br)c1. The van der Waals surface area contributed by atoms with Crippen molar-refractivity contribution in [2.75, 3.05) is 0 Å². The van der Waals surface area contributed by atoms with Gasteiger partial charge in [0.15, 0.2) is 0 Å². The van der Waals surface area contributed by atoms with Crippen LogP contribution in [0.5, 0.6) is 0 Å². The molecule has 1 aromatic carbocycles. The van der Waals surface area contributed by atoms with Gasteiger partial charge in [-0.25, -0.2) is 0 Å². The Kier molecular flexibility index (Phi) is 3.49. The van der Waals surface area contributed by atoms with Crippen LogP contribution >= 0.6 is 27.5 Å². The zero-order valence-corrected chi connectivity index (χ0v) is 10.7. The van der Waals surface area contributed by atoms with E-state index in [1.807, 2.05) is 18.2 Å². The van der Waals surface area contributed by atoms with E-state index in [0.717, 1.165) is 27.9 Å². The van der Waals surface area contributed by atoms with Crippen LogP contribution in [0.3, 0.4) is 0 Å². The van der Waals surface area contributed by atoms with Crippen LogP contribution in [0.1, 0.15) is 30.9 Å². The minimum Gasteiger partial charge on any atom is -0.321 e. The van der Waals surface area contributed by atoms with Gasteiger partial charge in [0.1, 0.15) is 0 Å². The van der Waals surface area contributed by atoms with Crippen LogP contribution in [0.25, 0.3) is 0 Å². The normalized spacial score (nSPS) is 17.7. The molecule has 80 valence electrons. The van der Waals surface area contributed by atoms with Crippen molar-refractivity contribution in [2.45, 2.75) is 25.3 Å². The van der Waals surface area contributed by atoms with Gasteiger partial charge in [0.25, 0.3) is 0 Å². The molecule has 1 aliphatic carbocycles. The molecule has 0 saturated heterocycles. The maximum Gasteiger partial charge on any atom is 0.0548 e. The first kappa shape index (κ1) is 11.2. The molecule has 2 rings (SSSR count). The summed E-state index contributed by atoms with van der Waals surface area (Å²) < 4.78 is 0.913. The average molecular weight is 287 g/mol. The molecule has 1 unspecified atom stereocenters. The van der Waals surface area contributed by atoms with Crippen LogP contribution in [-0.4, -0.2) is 0 Å². The van der Waals surface area contributed by atoms with Crippen LogP contribution in [0, 0.1) is 0 Å². The van der Waals surface area contributed by atoms with Gasteiger partial charge in [0.2, 0.25) is 0 Å². The Labute approximate surface area is 103 Å². The summed E-state index contributed by atoms with van der Waals surface area (Å²) >= 11 is 9.36. The number of rotatable bonds is 2. The fourth-order valence-electron chi connectivity index (χ4n) is 1.90. The number of allylic oxidation sites excluding steroid dienone is 1. The van der Waals surface area contributed by atoms with E-state index in [9.17, 15) is 0 Å². The third-order valence-electron chi connectivity index (χ3n) is 2.78. The topological polar surface area (TPSA) is 26.0 Å². The van der Waals surface area contributed by atoms with Crippen LogP contribution in [-0.2, 0) is 0 Å². The summed E-state index contributed by atoms with van der Waals surface area (Å²) in [5.74, 6) is 0. The van der Waals surface area contributed by atoms with E-state index < -0.39 is 0 Å². The Morgan fingerprint density at radius 2 is 2.20 bits per heavy atom. The summed E-state index contributed by atoms with van der Waals surface area (Å²) in [5.41, 5.74) is 8.66. The van der Waals surface area contributed by atoms with Gasteiger partial charge in [-0.1, -0.05) is 29.3 Å². The molecular weight excluding hydrogens is 273 g/mol. The summed E-state index contributed by atoms with van der Waals surface area (Å²) in [6, 6.07) is 5.92. The number of halogens is 2. The van der Waals surface area contributed by atoms with Gasteiger partial charge < -0.3 is 5.73 Å². The number of hydrogen-bond acceptors (Lipinski definition) is 1. The standard InChI is InChI=1S/C12H13BrClN/c13-10-7-9(5-6-11(10)14)12(15)8-3-1-2-4-8/h3,5-7,12H,1-2,4,15H2. The highest BCUT2D eigenvalue weighted by Crippen LogP contribution is 2.32. The second-order valence-corrected chi connectivity index (χ2v) is 5.08. The zero-order chi connectivity index (χ0) is 10.8. The molecule has 0 fully saturated rings. The predicted molar refractivity (Wildman–Crippen MR) is 68.0 cm³/mol. The first-order chi connectivity index (χ1) is 7.18. The number of hydrogen-bond donors (Lipinski definition) is 1. The van der Waals surface area contributed by atoms with Crippen molar-refractivity contribution < 1.29 is 0 Å². The molecule has 1 aromatic rings. The van der Waals surface area contributed by atoms with Gasteiger partial charge in [0.05, 0.1) is 11.1 Å². The second kappa shape index (κ2) is 4.69. The number of nitrogens with two attached hydrogens (primary N) is 1. The molecular formula is C12H13BrClN. The Hall–Kier alpha value is -0.310. The van der Waals surface area contributed by atoms with Crippen molar-refractivity contribution >= 4 is 27.5 Å². The van der Waals surface area contributed by atoms with Crippen molar-refractivity contribution in [3.8, 4) is 0 Å². The molecule has 0 amide bonds. The third-order valence-corrected chi connectivity index (χ3v) is 3.99. The van der Waals surface area contributed by atoms with Crippen LogP contribution in [0.2, 0.25) is 5.02 Å². The van der Waals surface area contributed by atoms with Crippen molar-refractivity contribution in [3.05, 3.63) is 44.9 Å². The minimum atomic E-state index is 0.0288. The Balaban J connectivity index is 2.25. The van der Waals surface area contributed by atoms with E-state index in [0.29, 0.717) is 0 Å². The average Bonchev–Trinajstić information content (AvgIpc) is 2.74. The summed E-state index contributed by atoms with van der Waals surface area (Å²) in [6.07, 6.45) is 5.78. The summed E-state index contributed by atoms with van der Waals surface area (Å²) in [6.45, 7) is 0. The second-order valence-electron chi connectivity index (χ2n) is 3.82. The van der Waals surface area contributed by atoms with Crippen LogP contribution in [0.15, 0.2) is 34.3 Å². The summed E-state index contributed by atoms with van der Waals surface area (Å²) in [5, 5.41) is 0.728. The fraction of sp³-hybridized carbons (Fsp3) is 0.333. The molecule has 15 heavy (non-hydrogen) atoms. The maximum absolute atomic E-state index is 6.19. The first-order valence-electron chi connectivity index (χ1n) is 5.08.